The summed E-state index contributed by atoms with van der Waals surface area (Å²) in [5.41, 5.74) is 2.13. The fourth-order valence-electron chi connectivity index (χ4n) is 2.22. The van der Waals surface area contributed by atoms with Crippen LogP contribution in [0.4, 0.5) is 5.69 Å². The molecule has 102 valence electrons. The van der Waals surface area contributed by atoms with E-state index in [0.29, 0.717) is 6.54 Å². The lowest BCUT2D eigenvalue weighted by molar-refractivity contribution is -0.477. The highest BCUT2D eigenvalue weighted by Gasteiger charge is 2.13. The molecule has 0 atom stereocenters. The fourth-order valence-corrected chi connectivity index (χ4v) is 2.22. The number of nitrogens with zero attached hydrogens (tertiary/aromatic N) is 2. The van der Waals surface area contributed by atoms with Crippen LogP contribution in [-0.4, -0.2) is 29.5 Å². The van der Waals surface area contributed by atoms with Crippen LogP contribution in [0.3, 0.4) is 0 Å². The highest BCUT2D eigenvalue weighted by atomic mass is 16.6. The SMILES string of the molecule is CCCCN(CC[N+](=O)[O-])c1c[nH]c2ccccc12. The number of para-hydroxylation sites is 1. The maximum Gasteiger partial charge on any atom is 0.221 e. The van der Waals surface area contributed by atoms with Gasteiger partial charge in [-0.05, 0) is 12.5 Å². The Hall–Kier alpha value is -2.04. The molecular formula is C14H19N3O2. The van der Waals surface area contributed by atoms with Gasteiger partial charge in [0.2, 0.25) is 6.54 Å². The standard InChI is InChI=1S/C14H19N3O2/c1-2-3-8-16(9-10-17(18)19)14-11-15-13-7-5-4-6-12(13)14/h4-7,11,15H,2-3,8-10H2,1H3. The summed E-state index contributed by atoms with van der Waals surface area (Å²) in [5.74, 6) is 0. The average molecular weight is 261 g/mol. The van der Waals surface area contributed by atoms with Gasteiger partial charge in [-0.2, -0.15) is 0 Å². The Balaban J connectivity index is 2.23. The number of aromatic nitrogens is 1. The van der Waals surface area contributed by atoms with Gasteiger partial charge in [-0.1, -0.05) is 31.5 Å². The normalized spacial score (nSPS) is 10.8. The molecule has 5 heteroatoms. The summed E-state index contributed by atoms with van der Waals surface area (Å²) in [6.07, 6.45) is 4.06. The molecule has 0 aliphatic heterocycles. The van der Waals surface area contributed by atoms with Crippen LogP contribution >= 0.6 is 0 Å². The Labute approximate surface area is 112 Å². The predicted octanol–water partition coefficient (Wildman–Crippen LogP) is 3.05. The molecule has 0 aliphatic rings. The van der Waals surface area contributed by atoms with E-state index in [-0.39, 0.29) is 11.5 Å². The molecule has 0 radical (unpaired) electrons. The molecule has 0 saturated carbocycles. The number of H-pyrrole nitrogens is 1. The highest BCUT2D eigenvalue weighted by Crippen LogP contribution is 2.26. The molecular weight excluding hydrogens is 242 g/mol. The van der Waals surface area contributed by atoms with Crippen LogP contribution in [0, 0.1) is 10.1 Å². The largest absolute Gasteiger partial charge is 0.363 e. The van der Waals surface area contributed by atoms with Crippen LogP contribution in [0.5, 0.6) is 0 Å². The van der Waals surface area contributed by atoms with E-state index in [1.165, 1.54) is 0 Å². The van der Waals surface area contributed by atoms with Crippen LogP contribution in [0.15, 0.2) is 30.5 Å². The predicted molar refractivity (Wildman–Crippen MR) is 77.3 cm³/mol. The molecule has 0 amide bonds. The number of nitro groups is 1. The second kappa shape index (κ2) is 6.22. The number of fused-ring (bicyclic) bond motifs is 1. The second-order valence-electron chi connectivity index (χ2n) is 4.62. The number of hydrogen-bond acceptors (Lipinski definition) is 3. The van der Waals surface area contributed by atoms with Gasteiger partial charge >= 0.3 is 0 Å². The fraction of sp³-hybridized carbons (Fsp3) is 0.429. The van der Waals surface area contributed by atoms with E-state index in [1.54, 1.807) is 0 Å². The first kappa shape index (κ1) is 13.4. The molecule has 2 rings (SSSR count). The number of rotatable bonds is 7. The van der Waals surface area contributed by atoms with Crippen molar-refractivity contribution in [3.63, 3.8) is 0 Å². The molecule has 19 heavy (non-hydrogen) atoms. The van der Waals surface area contributed by atoms with Crippen LogP contribution in [0.25, 0.3) is 10.9 Å². The Morgan fingerprint density at radius 1 is 1.32 bits per heavy atom. The van der Waals surface area contributed by atoms with E-state index < -0.39 is 0 Å². The van der Waals surface area contributed by atoms with Crippen molar-refractivity contribution in [3.05, 3.63) is 40.6 Å². The van der Waals surface area contributed by atoms with Crippen LogP contribution in [0.1, 0.15) is 19.8 Å². The molecule has 0 aliphatic carbocycles. The average Bonchev–Trinajstić information content (AvgIpc) is 2.83. The zero-order chi connectivity index (χ0) is 13.7. The number of nitrogens with one attached hydrogen (secondary N) is 1. The first-order valence-electron chi connectivity index (χ1n) is 6.65. The van der Waals surface area contributed by atoms with Gasteiger partial charge in [0, 0.05) is 28.6 Å². The molecule has 1 heterocycles. The summed E-state index contributed by atoms with van der Waals surface area (Å²) in [6.45, 7) is 3.41. The van der Waals surface area contributed by atoms with E-state index in [0.717, 1.165) is 36.0 Å². The minimum absolute atomic E-state index is 0.0246. The lowest BCUT2D eigenvalue weighted by Crippen LogP contribution is -2.29. The van der Waals surface area contributed by atoms with Crippen molar-refractivity contribution in [1.29, 1.82) is 0 Å². The Morgan fingerprint density at radius 2 is 2.11 bits per heavy atom. The van der Waals surface area contributed by atoms with E-state index in [1.807, 2.05) is 30.5 Å². The second-order valence-corrected chi connectivity index (χ2v) is 4.62. The van der Waals surface area contributed by atoms with Crippen molar-refractivity contribution in [1.82, 2.24) is 4.98 Å². The third-order valence-electron chi connectivity index (χ3n) is 3.24. The third-order valence-corrected chi connectivity index (χ3v) is 3.24. The van der Waals surface area contributed by atoms with Crippen LogP contribution in [0.2, 0.25) is 0 Å². The molecule has 2 aromatic rings. The van der Waals surface area contributed by atoms with Gasteiger partial charge in [0.1, 0.15) is 0 Å². The number of benzene rings is 1. The number of hydrogen-bond donors (Lipinski definition) is 1. The molecule has 0 fully saturated rings. The summed E-state index contributed by atoms with van der Waals surface area (Å²) in [4.78, 5) is 15.6. The first-order valence-corrected chi connectivity index (χ1v) is 6.65. The smallest absolute Gasteiger partial charge is 0.221 e. The van der Waals surface area contributed by atoms with Crippen molar-refractivity contribution >= 4 is 16.6 Å². The van der Waals surface area contributed by atoms with E-state index in [4.69, 9.17) is 0 Å². The maximum absolute atomic E-state index is 10.6. The Kier molecular flexibility index (Phi) is 4.39. The lowest BCUT2D eigenvalue weighted by Gasteiger charge is -2.22. The molecule has 0 bridgehead atoms. The van der Waals surface area contributed by atoms with Gasteiger partial charge in [0.05, 0.1) is 12.2 Å². The molecule has 1 aromatic heterocycles. The Morgan fingerprint density at radius 3 is 2.84 bits per heavy atom. The van der Waals surface area contributed by atoms with E-state index >= 15 is 0 Å². The van der Waals surface area contributed by atoms with Crippen LogP contribution in [-0.2, 0) is 0 Å². The zero-order valence-corrected chi connectivity index (χ0v) is 11.1. The highest BCUT2D eigenvalue weighted by molar-refractivity contribution is 5.92. The summed E-state index contributed by atoms with van der Waals surface area (Å²) in [6, 6.07) is 8.04. The third kappa shape index (κ3) is 3.24. The van der Waals surface area contributed by atoms with Crippen molar-refractivity contribution in [2.24, 2.45) is 0 Å². The van der Waals surface area contributed by atoms with Crippen molar-refractivity contribution in [2.75, 3.05) is 24.5 Å². The van der Waals surface area contributed by atoms with Gasteiger partial charge in [0.15, 0.2) is 0 Å². The zero-order valence-electron chi connectivity index (χ0n) is 11.1. The molecule has 1 N–H and O–H groups in total. The molecule has 0 unspecified atom stereocenters. The van der Waals surface area contributed by atoms with Crippen molar-refractivity contribution in [3.8, 4) is 0 Å². The summed E-state index contributed by atoms with van der Waals surface area (Å²) in [5, 5.41) is 11.7. The van der Waals surface area contributed by atoms with Crippen LogP contribution < -0.4 is 4.90 Å². The minimum Gasteiger partial charge on any atom is -0.363 e. The van der Waals surface area contributed by atoms with Gasteiger partial charge in [-0.25, -0.2) is 0 Å². The van der Waals surface area contributed by atoms with Gasteiger partial charge in [0.25, 0.3) is 0 Å². The van der Waals surface area contributed by atoms with Gasteiger partial charge < -0.3 is 9.88 Å². The van der Waals surface area contributed by atoms with Crippen molar-refractivity contribution < 1.29 is 4.92 Å². The molecule has 1 aromatic carbocycles. The first-order chi connectivity index (χ1) is 9.22. The summed E-state index contributed by atoms with van der Waals surface area (Å²) >= 11 is 0. The number of aromatic amines is 1. The van der Waals surface area contributed by atoms with Crippen molar-refractivity contribution in [2.45, 2.75) is 19.8 Å². The number of unbranched alkanes of at least 4 members (excludes halogenated alkanes) is 1. The monoisotopic (exact) mass is 261 g/mol. The van der Waals surface area contributed by atoms with Gasteiger partial charge in [-0.15, -0.1) is 0 Å². The topological polar surface area (TPSA) is 62.2 Å². The molecule has 5 nitrogen and oxygen atoms in total. The van der Waals surface area contributed by atoms with E-state index in [2.05, 4.69) is 16.8 Å². The van der Waals surface area contributed by atoms with E-state index in [9.17, 15) is 10.1 Å². The Bertz CT molecular complexity index is 550. The number of anilines is 1. The summed E-state index contributed by atoms with van der Waals surface area (Å²) < 4.78 is 0. The maximum atomic E-state index is 10.6. The minimum atomic E-state index is -0.256. The molecule has 0 spiro atoms. The summed E-state index contributed by atoms with van der Waals surface area (Å²) in [7, 11) is 0. The lowest BCUT2D eigenvalue weighted by atomic mass is 10.2. The quantitative estimate of drug-likeness (QED) is 0.615. The van der Waals surface area contributed by atoms with Gasteiger partial charge in [-0.3, -0.25) is 10.1 Å². The molecule has 0 saturated heterocycles.